The van der Waals surface area contributed by atoms with Crippen LogP contribution in [0.1, 0.15) is 30.0 Å². The van der Waals surface area contributed by atoms with E-state index in [0.29, 0.717) is 6.61 Å². The van der Waals surface area contributed by atoms with Gasteiger partial charge in [0.1, 0.15) is 12.1 Å². The zero-order valence-electron chi connectivity index (χ0n) is 13.6. The molecule has 0 radical (unpaired) electrons. The molecule has 3 rings (SSSR count). The van der Waals surface area contributed by atoms with Gasteiger partial charge < -0.3 is 9.47 Å². The molecule has 1 spiro atoms. The minimum Gasteiger partial charge on any atom is -0.479 e. The highest BCUT2D eigenvalue weighted by Gasteiger charge is 2.40. The van der Waals surface area contributed by atoms with Gasteiger partial charge in [-0.05, 0) is 42.5 Å². The second-order valence-corrected chi connectivity index (χ2v) is 6.21. The average molecular weight is 302 g/mol. The minimum absolute atomic E-state index is 0.121. The molecule has 0 N–H and O–H groups in total. The van der Waals surface area contributed by atoms with Gasteiger partial charge in [-0.1, -0.05) is 6.07 Å². The fourth-order valence-electron chi connectivity index (χ4n) is 3.50. The maximum absolute atomic E-state index is 11.8. The lowest BCUT2D eigenvalue weighted by Gasteiger charge is -2.34. The SMILES string of the molecule is COC(=O)N(C)c1ccc(C)c2c1CCC1(COC(C)=N1)C2. The van der Waals surface area contributed by atoms with Crippen LogP contribution in [0.3, 0.4) is 0 Å². The predicted molar refractivity (Wildman–Crippen MR) is 85.8 cm³/mol. The van der Waals surface area contributed by atoms with Gasteiger partial charge >= 0.3 is 6.09 Å². The summed E-state index contributed by atoms with van der Waals surface area (Å²) in [5.41, 5.74) is 4.59. The standard InChI is InChI=1S/C17H22N2O3/c1-11-5-6-15(19(3)16(20)21-4)13-7-8-17(9-14(11)13)10-22-12(2)18-17/h5-6H,7-10H2,1-4H3. The Kier molecular flexibility index (Phi) is 3.59. The highest BCUT2D eigenvalue weighted by molar-refractivity contribution is 5.88. The summed E-state index contributed by atoms with van der Waals surface area (Å²) >= 11 is 0. The largest absolute Gasteiger partial charge is 0.479 e. The van der Waals surface area contributed by atoms with Crippen molar-refractivity contribution in [2.75, 3.05) is 25.7 Å². The Labute approximate surface area is 130 Å². The molecular formula is C17H22N2O3. The zero-order valence-corrected chi connectivity index (χ0v) is 13.6. The van der Waals surface area contributed by atoms with Gasteiger partial charge in [0.05, 0.1) is 12.8 Å². The molecule has 0 aromatic heterocycles. The Morgan fingerprint density at radius 2 is 2.14 bits per heavy atom. The van der Waals surface area contributed by atoms with E-state index < -0.39 is 0 Å². The summed E-state index contributed by atoms with van der Waals surface area (Å²) in [5, 5.41) is 0. The smallest absolute Gasteiger partial charge is 0.413 e. The number of amides is 1. The molecule has 5 heteroatoms. The number of rotatable bonds is 1. The van der Waals surface area contributed by atoms with E-state index >= 15 is 0 Å². The molecule has 0 saturated carbocycles. The Hall–Kier alpha value is -2.04. The molecule has 1 amide bonds. The number of hydrogen-bond donors (Lipinski definition) is 0. The number of carbonyl (C=O) groups excluding carboxylic acids is 1. The summed E-state index contributed by atoms with van der Waals surface area (Å²) in [7, 11) is 3.16. The van der Waals surface area contributed by atoms with Gasteiger partial charge in [-0.2, -0.15) is 0 Å². The highest BCUT2D eigenvalue weighted by atomic mass is 16.5. The minimum atomic E-state index is -0.343. The van der Waals surface area contributed by atoms with Crippen LogP contribution in [0.15, 0.2) is 17.1 Å². The third kappa shape index (κ3) is 2.34. The Morgan fingerprint density at radius 1 is 1.36 bits per heavy atom. The van der Waals surface area contributed by atoms with Crippen LogP contribution in [-0.2, 0) is 22.3 Å². The van der Waals surface area contributed by atoms with Crippen molar-refractivity contribution in [3.05, 3.63) is 28.8 Å². The molecule has 2 aliphatic rings. The number of nitrogens with zero attached hydrogens (tertiary/aromatic N) is 2. The molecule has 1 heterocycles. The molecule has 5 nitrogen and oxygen atoms in total. The van der Waals surface area contributed by atoms with Crippen molar-refractivity contribution < 1.29 is 14.3 Å². The first kappa shape index (κ1) is 14.9. The van der Waals surface area contributed by atoms with Gasteiger partial charge in [-0.15, -0.1) is 0 Å². The third-order valence-corrected chi connectivity index (χ3v) is 4.74. The topological polar surface area (TPSA) is 51.1 Å². The van der Waals surface area contributed by atoms with Crippen molar-refractivity contribution >= 4 is 17.7 Å². The predicted octanol–water partition coefficient (Wildman–Crippen LogP) is 2.87. The first-order valence-corrected chi connectivity index (χ1v) is 7.58. The van der Waals surface area contributed by atoms with Crippen molar-refractivity contribution in [1.29, 1.82) is 0 Å². The molecule has 22 heavy (non-hydrogen) atoms. The second-order valence-electron chi connectivity index (χ2n) is 6.21. The molecule has 1 unspecified atom stereocenters. The number of hydrogen-bond acceptors (Lipinski definition) is 4. The lowest BCUT2D eigenvalue weighted by molar-refractivity contribution is 0.180. The van der Waals surface area contributed by atoms with E-state index in [1.165, 1.54) is 23.8 Å². The van der Waals surface area contributed by atoms with Crippen LogP contribution < -0.4 is 4.90 Å². The molecule has 0 fully saturated rings. The van der Waals surface area contributed by atoms with Crippen molar-refractivity contribution in [2.24, 2.45) is 4.99 Å². The van der Waals surface area contributed by atoms with Gasteiger partial charge in [0.25, 0.3) is 0 Å². The number of methoxy groups -OCH3 is 1. The maximum Gasteiger partial charge on any atom is 0.413 e. The molecule has 118 valence electrons. The van der Waals surface area contributed by atoms with Crippen LogP contribution in [0, 0.1) is 6.92 Å². The van der Waals surface area contributed by atoms with Crippen molar-refractivity contribution in [1.82, 2.24) is 0 Å². The van der Waals surface area contributed by atoms with Gasteiger partial charge in [0, 0.05) is 20.4 Å². The number of benzene rings is 1. The quantitative estimate of drug-likeness (QED) is 0.801. The van der Waals surface area contributed by atoms with Crippen LogP contribution >= 0.6 is 0 Å². The molecule has 1 aliphatic heterocycles. The Morgan fingerprint density at radius 3 is 2.77 bits per heavy atom. The lowest BCUT2D eigenvalue weighted by Crippen LogP contribution is -2.37. The summed E-state index contributed by atoms with van der Waals surface area (Å²) in [4.78, 5) is 18.2. The molecule has 0 saturated heterocycles. The van der Waals surface area contributed by atoms with E-state index in [9.17, 15) is 4.79 Å². The third-order valence-electron chi connectivity index (χ3n) is 4.74. The molecule has 0 bridgehead atoms. The second kappa shape index (κ2) is 5.30. The van der Waals surface area contributed by atoms with Crippen molar-refractivity contribution in [3.8, 4) is 0 Å². The summed E-state index contributed by atoms with van der Waals surface area (Å²) in [5.74, 6) is 0.781. The number of anilines is 1. The van der Waals surface area contributed by atoms with E-state index in [1.807, 2.05) is 13.0 Å². The van der Waals surface area contributed by atoms with Crippen LogP contribution in [0.4, 0.5) is 10.5 Å². The van der Waals surface area contributed by atoms with E-state index in [-0.39, 0.29) is 11.6 Å². The molecule has 1 aliphatic carbocycles. The average Bonchev–Trinajstić information content (AvgIpc) is 2.87. The van der Waals surface area contributed by atoms with Gasteiger partial charge in [-0.25, -0.2) is 9.79 Å². The number of aryl methyl sites for hydroxylation is 1. The normalized spacial score (nSPS) is 22.8. The summed E-state index contributed by atoms with van der Waals surface area (Å²) in [6.45, 7) is 4.69. The van der Waals surface area contributed by atoms with E-state index in [4.69, 9.17) is 14.5 Å². The fourth-order valence-corrected chi connectivity index (χ4v) is 3.50. The van der Waals surface area contributed by atoms with Gasteiger partial charge in [0.2, 0.25) is 0 Å². The maximum atomic E-state index is 11.8. The fraction of sp³-hybridized carbons (Fsp3) is 0.529. The van der Waals surface area contributed by atoms with Crippen molar-refractivity contribution in [3.63, 3.8) is 0 Å². The van der Waals surface area contributed by atoms with Crippen molar-refractivity contribution in [2.45, 2.75) is 38.6 Å². The van der Waals surface area contributed by atoms with Gasteiger partial charge in [-0.3, -0.25) is 4.90 Å². The van der Waals surface area contributed by atoms with Crippen LogP contribution in [-0.4, -0.2) is 38.3 Å². The number of aliphatic imine (C=N–C) groups is 1. The number of ether oxygens (including phenoxy) is 2. The lowest BCUT2D eigenvalue weighted by atomic mass is 9.76. The number of carbonyl (C=O) groups is 1. The summed E-state index contributed by atoms with van der Waals surface area (Å²) in [6, 6.07) is 4.07. The Balaban J connectivity index is 2.00. The molecular weight excluding hydrogens is 280 g/mol. The van der Waals surface area contributed by atoms with E-state index in [0.717, 1.165) is 30.8 Å². The van der Waals surface area contributed by atoms with E-state index in [2.05, 4.69) is 13.0 Å². The molecule has 1 aromatic carbocycles. The van der Waals surface area contributed by atoms with E-state index in [1.54, 1.807) is 11.9 Å². The number of fused-ring (bicyclic) bond motifs is 1. The summed E-state index contributed by atoms with van der Waals surface area (Å²) < 4.78 is 10.4. The monoisotopic (exact) mass is 302 g/mol. The van der Waals surface area contributed by atoms with Crippen LogP contribution in [0.5, 0.6) is 0 Å². The molecule has 1 atom stereocenters. The van der Waals surface area contributed by atoms with Crippen LogP contribution in [0.2, 0.25) is 0 Å². The zero-order chi connectivity index (χ0) is 15.9. The van der Waals surface area contributed by atoms with Crippen LogP contribution in [0.25, 0.3) is 0 Å². The summed E-state index contributed by atoms with van der Waals surface area (Å²) in [6.07, 6.45) is 2.37. The highest BCUT2D eigenvalue weighted by Crippen LogP contribution is 2.40. The first-order chi connectivity index (χ1) is 10.5. The van der Waals surface area contributed by atoms with Gasteiger partial charge in [0.15, 0.2) is 5.90 Å². The Bertz CT molecular complexity index is 654. The molecule has 1 aromatic rings. The first-order valence-electron chi connectivity index (χ1n) is 7.58.